The summed E-state index contributed by atoms with van der Waals surface area (Å²) in [4.78, 5) is 11.9. The molecule has 0 radical (unpaired) electrons. The topological polar surface area (TPSA) is 37.3 Å². The zero-order valence-corrected chi connectivity index (χ0v) is 12.2. The molecular formula is C18H24O2. The summed E-state index contributed by atoms with van der Waals surface area (Å²) in [5.41, 5.74) is 3.65. The van der Waals surface area contributed by atoms with Crippen molar-refractivity contribution in [3.8, 4) is 0 Å². The molecule has 1 N–H and O–H groups in total. The fraction of sp³-hybridized carbons (Fsp3) is 0.611. The van der Waals surface area contributed by atoms with Crippen molar-refractivity contribution in [3.63, 3.8) is 0 Å². The third-order valence-electron chi connectivity index (χ3n) is 5.22. The summed E-state index contributed by atoms with van der Waals surface area (Å²) in [6, 6.07) is 6.67. The lowest BCUT2D eigenvalue weighted by atomic mass is 9.75. The maximum Gasteiger partial charge on any atom is 0.309 e. The van der Waals surface area contributed by atoms with E-state index in [1.54, 1.807) is 0 Å². The van der Waals surface area contributed by atoms with Crippen LogP contribution in [-0.4, -0.2) is 11.1 Å². The largest absolute Gasteiger partial charge is 0.481 e. The van der Waals surface area contributed by atoms with Crippen molar-refractivity contribution >= 4 is 5.97 Å². The molecule has 0 atom stereocenters. The van der Waals surface area contributed by atoms with Gasteiger partial charge in [-0.15, -0.1) is 0 Å². The van der Waals surface area contributed by atoms with Crippen molar-refractivity contribution in [2.75, 3.05) is 0 Å². The standard InChI is InChI=1S/C18H24O2/c19-17(20)18(10-3-1-2-4-11-18)13-14-8-9-15-6-5-7-16(15)12-14/h8-9,12H,1-7,10-11,13H2,(H,19,20). The highest BCUT2D eigenvalue weighted by atomic mass is 16.4. The minimum atomic E-state index is -0.583. The fourth-order valence-electron chi connectivity index (χ4n) is 4.00. The maximum absolute atomic E-state index is 11.9. The highest BCUT2D eigenvalue weighted by molar-refractivity contribution is 5.75. The molecule has 2 aliphatic rings. The van der Waals surface area contributed by atoms with Crippen LogP contribution in [0.5, 0.6) is 0 Å². The number of hydrogen-bond donors (Lipinski definition) is 1. The molecule has 2 heteroatoms. The summed E-state index contributed by atoms with van der Waals surface area (Å²) in [6.07, 6.45) is 10.5. The van der Waals surface area contributed by atoms with Crippen LogP contribution in [-0.2, 0) is 24.1 Å². The predicted molar refractivity (Wildman–Crippen MR) is 79.9 cm³/mol. The number of aryl methyl sites for hydroxylation is 2. The Balaban J connectivity index is 1.84. The molecule has 0 amide bonds. The molecule has 0 aromatic heterocycles. The molecule has 1 fully saturated rings. The van der Waals surface area contributed by atoms with Gasteiger partial charge >= 0.3 is 5.97 Å². The van der Waals surface area contributed by atoms with Gasteiger partial charge < -0.3 is 5.11 Å². The lowest BCUT2D eigenvalue weighted by Crippen LogP contribution is -2.33. The van der Waals surface area contributed by atoms with Crippen molar-refractivity contribution in [1.29, 1.82) is 0 Å². The highest BCUT2D eigenvalue weighted by Crippen LogP contribution is 2.39. The van der Waals surface area contributed by atoms with Gasteiger partial charge in [0, 0.05) is 0 Å². The van der Waals surface area contributed by atoms with Gasteiger partial charge in [-0.05, 0) is 55.2 Å². The van der Waals surface area contributed by atoms with E-state index in [1.807, 2.05) is 0 Å². The number of fused-ring (bicyclic) bond motifs is 1. The Morgan fingerprint density at radius 2 is 1.70 bits per heavy atom. The molecule has 1 aromatic rings. The second kappa shape index (κ2) is 5.59. The average molecular weight is 272 g/mol. The Hall–Kier alpha value is -1.31. The van der Waals surface area contributed by atoms with Crippen LogP contribution in [0.15, 0.2) is 18.2 Å². The van der Waals surface area contributed by atoms with Crippen LogP contribution in [0.2, 0.25) is 0 Å². The minimum Gasteiger partial charge on any atom is -0.481 e. The Labute approximate surface area is 121 Å². The third-order valence-corrected chi connectivity index (χ3v) is 5.22. The van der Waals surface area contributed by atoms with Crippen LogP contribution in [0, 0.1) is 5.41 Å². The summed E-state index contributed by atoms with van der Waals surface area (Å²) in [5.74, 6) is -0.583. The number of carboxylic acid groups (broad SMARTS) is 1. The zero-order chi connectivity index (χ0) is 14.0. The number of carbonyl (C=O) groups is 1. The van der Waals surface area contributed by atoms with E-state index in [-0.39, 0.29) is 0 Å². The van der Waals surface area contributed by atoms with Crippen LogP contribution in [0.1, 0.15) is 61.6 Å². The first-order valence-corrected chi connectivity index (χ1v) is 8.04. The second-order valence-corrected chi connectivity index (χ2v) is 6.63. The van der Waals surface area contributed by atoms with Crippen molar-refractivity contribution in [3.05, 3.63) is 34.9 Å². The first kappa shape index (κ1) is 13.7. The second-order valence-electron chi connectivity index (χ2n) is 6.63. The molecule has 0 spiro atoms. The van der Waals surface area contributed by atoms with Crippen LogP contribution in [0.3, 0.4) is 0 Å². The highest BCUT2D eigenvalue weighted by Gasteiger charge is 2.38. The van der Waals surface area contributed by atoms with E-state index in [9.17, 15) is 9.90 Å². The minimum absolute atomic E-state index is 0.511. The smallest absolute Gasteiger partial charge is 0.309 e. The van der Waals surface area contributed by atoms with Crippen molar-refractivity contribution < 1.29 is 9.90 Å². The molecule has 0 bridgehead atoms. The molecule has 2 aliphatic carbocycles. The van der Waals surface area contributed by atoms with E-state index in [2.05, 4.69) is 18.2 Å². The molecule has 20 heavy (non-hydrogen) atoms. The van der Waals surface area contributed by atoms with Gasteiger partial charge in [-0.1, -0.05) is 43.9 Å². The van der Waals surface area contributed by atoms with Gasteiger partial charge in [0.05, 0.1) is 5.41 Å². The van der Waals surface area contributed by atoms with Crippen LogP contribution in [0.25, 0.3) is 0 Å². The number of hydrogen-bond acceptors (Lipinski definition) is 1. The van der Waals surface area contributed by atoms with Gasteiger partial charge in [0.2, 0.25) is 0 Å². The van der Waals surface area contributed by atoms with E-state index in [1.165, 1.54) is 48.8 Å². The molecule has 0 saturated heterocycles. The SMILES string of the molecule is O=C(O)C1(Cc2ccc3c(c2)CCC3)CCCCCC1. The van der Waals surface area contributed by atoms with Gasteiger partial charge in [-0.2, -0.15) is 0 Å². The number of carboxylic acids is 1. The molecule has 0 aliphatic heterocycles. The molecular weight excluding hydrogens is 248 g/mol. The normalized spacial score (nSPS) is 21.2. The first-order valence-electron chi connectivity index (χ1n) is 8.04. The Bertz CT molecular complexity index is 496. The maximum atomic E-state index is 11.9. The number of rotatable bonds is 3. The molecule has 3 rings (SSSR count). The molecule has 1 aromatic carbocycles. The van der Waals surface area contributed by atoms with E-state index in [0.717, 1.165) is 32.1 Å². The van der Waals surface area contributed by atoms with Gasteiger partial charge in [0.25, 0.3) is 0 Å². The van der Waals surface area contributed by atoms with Crippen LogP contribution >= 0.6 is 0 Å². The average Bonchev–Trinajstić information content (AvgIpc) is 2.76. The van der Waals surface area contributed by atoms with E-state index < -0.39 is 11.4 Å². The predicted octanol–water partition coefficient (Wildman–Crippen LogP) is 4.14. The molecule has 0 heterocycles. The van der Waals surface area contributed by atoms with E-state index in [4.69, 9.17) is 0 Å². The third kappa shape index (κ3) is 2.61. The molecule has 1 saturated carbocycles. The fourth-order valence-corrected chi connectivity index (χ4v) is 4.00. The molecule has 2 nitrogen and oxygen atoms in total. The van der Waals surface area contributed by atoms with Crippen LogP contribution in [0.4, 0.5) is 0 Å². The quantitative estimate of drug-likeness (QED) is 0.839. The van der Waals surface area contributed by atoms with Crippen molar-refractivity contribution in [1.82, 2.24) is 0 Å². The van der Waals surface area contributed by atoms with E-state index in [0.29, 0.717) is 0 Å². The first-order chi connectivity index (χ1) is 9.70. The summed E-state index contributed by atoms with van der Waals surface area (Å²) < 4.78 is 0. The number of benzene rings is 1. The Morgan fingerprint density at radius 1 is 1.00 bits per heavy atom. The monoisotopic (exact) mass is 272 g/mol. The lowest BCUT2D eigenvalue weighted by Gasteiger charge is -2.28. The van der Waals surface area contributed by atoms with Crippen LogP contribution < -0.4 is 0 Å². The summed E-state index contributed by atoms with van der Waals surface area (Å²) in [5, 5.41) is 9.77. The Morgan fingerprint density at radius 3 is 2.40 bits per heavy atom. The van der Waals surface area contributed by atoms with Crippen molar-refractivity contribution in [2.24, 2.45) is 5.41 Å². The van der Waals surface area contributed by atoms with Gasteiger partial charge in [0.15, 0.2) is 0 Å². The summed E-state index contributed by atoms with van der Waals surface area (Å²) >= 11 is 0. The van der Waals surface area contributed by atoms with Crippen molar-refractivity contribution in [2.45, 2.75) is 64.2 Å². The summed E-state index contributed by atoms with van der Waals surface area (Å²) in [7, 11) is 0. The number of aliphatic carboxylic acids is 1. The lowest BCUT2D eigenvalue weighted by molar-refractivity contribution is -0.149. The van der Waals surface area contributed by atoms with Gasteiger partial charge in [0.1, 0.15) is 0 Å². The van der Waals surface area contributed by atoms with Gasteiger partial charge in [-0.3, -0.25) is 4.79 Å². The molecule has 0 unspecified atom stereocenters. The Kier molecular flexibility index (Phi) is 3.82. The molecule has 108 valence electrons. The summed E-state index contributed by atoms with van der Waals surface area (Å²) in [6.45, 7) is 0. The van der Waals surface area contributed by atoms with Gasteiger partial charge in [-0.25, -0.2) is 0 Å². The zero-order valence-electron chi connectivity index (χ0n) is 12.2. The van der Waals surface area contributed by atoms with E-state index >= 15 is 0 Å².